The molecule has 146 valence electrons. The lowest BCUT2D eigenvalue weighted by Gasteiger charge is -2.43. The molecule has 0 bridgehead atoms. The first kappa shape index (κ1) is 18.6. The van der Waals surface area contributed by atoms with Gasteiger partial charge in [-0.15, -0.1) is 0 Å². The van der Waals surface area contributed by atoms with Crippen molar-refractivity contribution in [2.24, 2.45) is 0 Å². The van der Waals surface area contributed by atoms with E-state index in [2.05, 4.69) is 16.2 Å². The average Bonchev–Trinajstić information content (AvgIpc) is 3.21. The van der Waals surface area contributed by atoms with Crippen LogP contribution in [0.2, 0.25) is 0 Å². The molecule has 0 saturated carbocycles. The molecule has 4 rings (SSSR count). The van der Waals surface area contributed by atoms with Crippen LogP contribution in [0.4, 0.5) is 0 Å². The van der Waals surface area contributed by atoms with Gasteiger partial charge in [-0.1, -0.05) is 11.2 Å². The molecular formula is C21H24N4O3. The van der Waals surface area contributed by atoms with Gasteiger partial charge in [0.15, 0.2) is 5.76 Å². The molecule has 2 fully saturated rings. The number of carbonyl (C=O) groups excluding carboxylic acids is 1. The number of pyridine rings is 1. The van der Waals surface area contributed by atoms with Crippen LogP contribution in [-0.2, 0) is 20.4 Å². The molecule has 0 spiro atoms. The van der Waals surface area contributed by atoms with E-state index in [0.717, 1.165) is 17.8 Å². The van der Waals surface area contributed by atoms with Crippen molar-refractivity contribution in [2.45, 2.75) is 43.4 Å². The van der Waals surface area contributed by atoms with Crippen LogP contribution in [0.3, 0.4) is 0 Å². The summed E-state index contributed by atoms with van der Waals surface area (Å²) >= 11 is 0. The number of aryl methyl sites for hydroxylation is 1. The molecule has 1 atom stereocenters. The Morgan fingerprint density at radius 1 is 1.29 bits per heavy atom. The second kappa shape index (κ2) is 7.36. The first-order chi connectivity index (χ1) is 13.6. The number of amides is 1. The molecule has 28 heavy (non-hydrogen) atoms. The predicted octanol–water partition coefficient (Wildman–Crippen LogP) is 2.51. The molecule has 1 unspecified atom stereocenters. The molecule has 2 aliphatic rings. The highest BCUT2D eigenvalue weighted by Crippen LogP contribution is 2.40. The molecule has 2 saturated heterocycles. The third-order valence-corrected chi connectivity index (χ3v) is 6.00. The van der Waals surface area contributed by atoms with E-state index in [-0.39, 0.29) is 5.91 Å². The van der Waals surface area contributed by atoms with Crippen molar-refractivity contribution < 1.29 is 14.1 Å². The Hall–Kier alpha value is -2.72. The maximum Gasteiger partial charge on any atom is 0.236 e. The second-order valence-corrected chi connectivity index (χ2v) is 7.77. The number of carbonyl (C=O) groups is 1. The lowest BCUT2D eigenvalue weighted by atomic mass is 9.73. The zero-order valence-corrected chi connectivity index (χ0v) is 16.1. The van der Waals surface area contributed by atoms with Gasteiger partial charge in [-0.05, 0) is 44.7 Å². The van der Waals surface area contributed by atoms with Gasteiger partial charge in [0.05, 0.1) is 17.5 Å². The zero-order chi connectivity index (χ0) is 19.6. The first-order valence-electron chi connectivity index (χ1n) is 9.73. The molecule has 0 N–H and O–H groups in total. The number of rotatable bonds is 3. The van der Waals surface area contributed by atoms with Gasteiger partial charge in [-0.3, -0.25) is 9.78 Å². The highest BCUT2D eigenvalue weighted by Gasteiger charge is 2.50. The average molecular weight is 380 g/mol. The zero-order valence-electron chi connectivity index (χ0n) is 16.1. The summed E-state index contributed by atoms with van der Waals surface area (Å²) < 4.78 is 11.1. The van der Waals surface area contributed by atoms with Crippen molar-refractivity contribution in [1.29, 1.82) is 5.26 Å². The maximum absolute atomic E-state index is 13.8. The molecular weight excluding hydrogens is 356 g/mol. The number of likely N-dealkylation sites (tertiary alicyclic amines) is 1. The van der Waals surface area contributed by atoms with Crippen molar-refractivity contribution in [3.8, 4) is 6.07 Å². The van der Waals surface area contributed by atoms with Gasteiger partial charge in [0, 0.05) is 38.6 Å². The van der Waals surface area contributed by atoms with Gasteiger partial charge in [-0.25, -0.2) is 0 Å². The Morgan fingerprint density at radius 3 is 2.75 bits per heavy atom. The van der Waals surface area contributed by atoms with Crippen LogP contribution >= 0.6 is 0 Å². The van der Waals surface area contributed by atoms with Gasteiger partial charge >= 0.3 is 0 Å². The fourth-order valence-corrected chi connectivity index (χ4v) is 4.41. The van der Waals surface area contributed by atoms with Crippen molar-refractivity contribution in [1.82, 2.24) is 15.0 Å². The minimum Gasteiger partial charge on any atom is -0.381 e. The summed E-state index contributed by atoms with van der Waals surface area (Å²) in [5, 5.41) is 14.0. The third kappa shape index (κ3) is 3.08. The number of piperidine rings is 1. The van der Waals surface area contributed by atoms with Crippen molar-refractivity contribution in [2.75, 3.05) is 26.3 Å². The van der Waals surface area contributed by atoms with E-state index < -0.39 is 10.8 Å². The molecule has 0 aromatic carbocycles. The third-order valence-electron chi connectivity index (χ3n) is 6.00. The first-order valence-corrected chi connectivity index (χ1v) is 9.73. The van der Waals surface area contributed by atoms with E-state index in [4.69, 9.17) is 9.26 Å². The summed E-state index contributed by atoms with van der Waals surface area (Å²) in [4.78, 5) is 20.0. The van der Waals surface area contributed by atoms with Crippen LogP contribution in [0.25, 0.3) is 0 Å². The van der Waals surface area contributed by atoms with Crippen LogP contribution < -0.4 is 0 Å². The Bertz CT molecular complexity index is 883. The van der Waals surface area contributed by atoms with Gasteiger partial charge < -0.3 is 14.2 Å². The van der Waals surface area contributed by atoms with Gasteiger partial charge in [0.25, 0.3) is 0 Å². The smallest absolute Gasteiger partial charge is 0.236 e. The molecule has 2 aliphatic heterocycles. The highest BCUT2D eigenvalue weighted by molar-refractivity contribution is 5.88. The molecule has 4 heterocycles. The fourth-order valence-electron chi connectivity index (χ4n) is 4.41. The molecule has 7 nitrogen and oxygen atoms in total. The second-order valence-electron chi connectivity index (χ2n) is 7.77. The van der Waals surface area contributed by atoms with E-state index in [1.807, 2.05) is 36.1 Å². The maximum atomic E-state index is 13.8. The van der Waals surface area contributed by atoms with E-state index in [9.17, 15) is 10.1 Å². The van der Waals surface area contributed by atoms with E-state index >= 15 is 0 Å². The number of aromatic nitrogens is 2. The highest BCUT2D eigenvalue weighted by atomic mass is 16.5. The molecule has 2 aromatic rings. The summed E-state index contributed by atoms with van der Waals surface area (Å²) in [6, 6.07) is 9.91. The lowest BCUT2D eigenvalue weighted by Crippen LogP contribution is -2.55. The summed E-state index contributed by atoms with van der Waals surface area (Å²) in [5.74, 6) is 0.603. The van der Waals surface area contributed by atoms with Crippen LogP contribution in [0.5, 0.6) is 0 Å². The fraction of sp³-hybridized carbons (Fsp3) is 0.524. The topological polar surface area (TPSA) is 92.2 Å². The van der Waals surface area contributed by atoms with Gasteiger partial charge in [0.2, 0.25) is 5.91 Å². The SMILES string of the molecule is Cc1cc(C2(C(=O)N3CCCC(C#N)(c4ccccn4)C3)CCOCC2)on1. The summed E-state index contributed by atoms with van der Waals surface area (Å²) in [6.07, 6.45) is 4.27. The monoisotopic (exact) mass is 380 g/mol. The van der Waals surface area contributed by atoms with Crippen molar-refractivity contribution in [3.05, 3.63) is 47.6 Å². The van der Waals surface area contributed by atoms with E-state index in [1.165, 1.54) is 0 Å². The Labute approximate surface area is 164 Å². The van der Waals surface area contributed by atoms with Crippen molar-refractivity contribution >= 4 is 5.91 Å². The Kier molecular flexibility index (Phi) is 4.90. The number of hydrogen-bond acceptors (Lipinski definition) is 6. The molecule has 1 amide bonds. The molecule has 0 aliphatic carbocycles. The van der Waals surface area contributed by atoms with E-state index in [1.54, 1.807) is 6.20 Å². The minimum absolute atomic E-state index is 0.00204. The standard InChI is InChI=1S/C21H24N4O3/c1-16-13-18(28-24-16)21(7-11-27-12-8-21)19(26)25-10-4-6-20(14-22,15-25)17-5-2-3-9-23-17/h2-3,5,9,13H,4,6-8,10-12,15H2,1H3. The summed E-state index contributed by atoms with van der Waals surface area (Å²) in [7, 11) is 0. The minimum atomic E-state index is -0.779. The summed E-state index contributed by atoms with van der Waals surface area (Å²) in [6.45, 7) is 3.83. The van der Waals surface area contributed by atoms with Crippen LogP contribution in [0.15, 0.2) is 35.0 Å². The van der Waals surface area contributed by atoms with Crippen molar-refractivity contribution in [3.63, 3.8) is 0 Å². The normalized spacial score (nSPS) is 24.5. The van der Waals surface area contributed by atoms with Crippen LogP contribution in [-0.4, -0.2) is 47.3 Å². The lowest BCUT2D eigenvalue weighted by molar-refractivity contribution is -0.144. The number of nitrogens with zero attached hydrogens (tertiary/aromatic N) is 4. The van der Waals surface area contributed by atoms with Gasteiger partial charge in [0.1, 0.15) is 10.8 Å². The predicted molar refractivity (Wildman–Crippen MR) is 100 cm³/mol. The van der Waals surface area contributed by atoms with Gasteiger partial charge in [-0.2, -0.15) is 5.26 Å². The Morgan fingerprint density at radius 2 is 2.11 bits per heavy atom. The van der Waals surface area contributed by atoms with E-state index in [0.29, 0.717) is 51.3 Å². The summed E-state index contributed by atoms with van der Waals surface area (Å²) in [5.41, 5.74) is -0.0696. The molecule has 0 radical (unpaired) electrons. The molecule has 2 aromatic heterocycles. The van der Waals surface area contributed by atoms with Crippen LogP contribution in [0.1, 0.15) is 42.8 Å². The number of nitriles is 1. The number of hydrogen-bond donors (Lipinski definition) is 0. The van der Waals surface area contributed by atoms with Crippen LogP contribution in [0, 0.1) is 18.3 Å². The number of ether oxygens (including phenoxy) is 1. The molecule has 7 heteroatoms. The Balaban J connectivity index is 1.67. The largest absolute Gasteiger partial charge is 0.381 e. The quantitative estimate of drug-likeness (QED) is 0.812.